The molecular weight excluding hydrogens is 246 g/mol. The van der Waals surface area contributed by atoms with Gasteiger partial charge in [-0.1, -0.05) is 43.2 Å². The highest BCUT2D eigenvalue weighted by molar-refractivity contribution is 5.29. The van der Waals surface area contributed by atoms with Crippen molar-refractivity contribution >= 4 is 0 Å². The smallest absolute Gasteiger partial charge is 0.0616 e. The standard InChI is InChI=1S/C18H29NO/c1-5-18-16(7-8-20-18)17(19-6-2)12-15-10-13(3)9-14(4)11-15/h9-11,16-19H,5-8,12H2,1-4H3. The highest BCUT2D eigenvalue weighted by atomic mass is 16.5. The summed E-state index contributed by atoms with van der Waals surface area (Å²) in [6, 6.07) is 7.44. The fourth-order valence-electron chi connectivity index (χ4n) is 3.62. The topological polar surface area (TPSA) is 21.3 Å². The first-order valence-corrected chi connectivity index (χ1v) is 8.06. The van der Waals surface area contributed by atoms with E-state index in [2.05, 4.69) is 51.2 Å². The number of rotatable bonds is 6. The SMILES string of the molecule is CCNC(Cc1cc(C)cc(C)c1)C1CCOC1CC. The molecule has 1 N–H and O–H groups in total. The van der Waals surface area contributed by atoms with Crippen LogP contribution < -0.4 is 5.32 Å². The summed E-state index contributed by atoms with van der Waals surface area (Å²) in [6.45, 7) is 10.8. The Bertz CT molecular complexity index is 409. The van der Waals surface area contributed by atoms with E-state index in [0.29, 0.717) is 18.1 Å². The van der Waals surface area contributed by atoms with Crippen LogP contribution in [0.1, 0.15) is 43.4 Å². The summed E-state index contributed by atoms with van der Waals surface area (Å²) in [5.74, 6) is 0.653. The van der Waals surface area contributed by atoms with Crippen molar-refractivity contribution in [3.05, 3.63) is 34.9 Å². The van der Waals surface area contributed by atoms with Crippen molar-refractivity contribution in [1.82, 2.24) is 5.32 Å². The van der Waals surface area contributed by atoms with Crippen LogP contribution >= 0.6 is 0 Å². The average Bonchev–Trinajstić information content (AvgIpc) is 2.85. The second-order valence-corrected chi connectivity index (χ2v) is 6.13. The van der Waals surface area contributed by atoms with Crippen molar-refractivity contribution in [3.63, 3.8) is 0 Å². The summed E-state index contributed by atoms with van der Waals surface area (Å²) in [5.41, 5.74) is 4.19. The third-order valence-electron chi connectivity index (χ3n) is 4.38. The van der Waals surface area contributed by atoms with Crippen LogP contribution in [-0.2, 0) is 11.2 Å². The highest BCUT2D eigenvalue weighted by Gasteiger charge is 2.33. The van der Waals surface area contributed by atoms with Crippen molar-refractivity contribution in [1.29, 1.82) is 0 Å². The molecule has 3 unspecified atom stereocenters. The summed E-state index contributed by atoms with van der Waals surface area (Å²) >= 11 is 0. The number of aryl methyl sites for hydroxylation is 2. The minimum absolute atomic E-state index is 0.435. The number of benzene rings is 1. The number of hydrogen-bond acceptors (Lipinski definition) is 2. The van der Waals surface area contributed by atoms with E-state index in [4.69, 9.17) is 4.74 Å². The molecule has 0 spiro atoms. The molecule has 112 valence electrons. The van der Waals surface area contributed by atoms with Gasteiger partial charge < -0.3 is 10.1 Å². The molecule has 1 aromatic rings. The summed E-state index contributed by atoms with van der Waals surface area (Å²) in [4.78, 5) is 0. The van der Waals surface area contributed by atoms with Crippen molar-refractivity contribution in [2.24, 2.45) is 5.92 Å². The molecule has 3 atom stereocenters. The maximum atomic E-state index is 5.89. The molecule has 2 rings (SSSR count). The summed E-state index contributed by atoms with van der Waals surface area (Å²) in [5, 5.41) is 3.70. The van der Waals surface area contributed by atoms with Crippen LogP contribution in [-0.4, -0.2) is 25.3 Å². The fourth-order valence-corrected chi connectivity index (χ4v) is 3.62. The zero-order valence-corrected chi connectivity index (χ0v) is 13.4. The minimum atomic E-state index is 0.435. The van der Waals surface area contributed by atoms with Crippen LogP contribution in [0.2, 0.25) is 0 Å². The highest BCUT2D eigenvalue weighted by Crippen LogP contribution is 2.28. The van der Waals surface area contributed by atoms with Crippen LogP contribution in [0.25, 0.3) is 0 Å². The van der Waals surface area contributed by atoms with Crippen LogP contribution in [0.5, 0.6) is 0 Å². The first-order chi connectivity index (χ1) is 9.63. The predicted octanol–water partition coefficient (Wildman–Crippen LogP) is 3.64. The van der Waals surface area contributed by atoms with Crippen LogP contribution in [0.15, 0.2) is 18.2 Å². The molecule has 2 heteroatoms. The molecule has 1 aliphatic rings. The fraction of sp³-hybridized carbons (Fsp3) is 0.667. The number of ether oxygens (including phenoxy) is 1. The maximum absolute atomic E-state index is 5.89. The van der Waals surface area contributed by atoms with E-state index in [9.17, 15) is 0 Å². The van der Waals surface area contributed by atoms with Gasteiger partial charge in [-0.3, -0.25) is 0 Å². The minimum Gasteiger partial charge on any atom is -0.378 e. The zero-order valence-electron chi connectivity index (χ0n) is 13.4. The lowest BCUT2D eigenvalue weighted by Gasteiger charge is -2.28. The normalized spacial score (nSPS) is 24.0. The summed E-state index contributed by atoms with van der Waals surface area (Å²) < 4.78 is 5.89. The van der Waals surface area contributed by atoms with Gasteiger partial charge in [0, 0.05) is 18.6 Å². The van der Waals surface area contributed by atoms with Gasteiger partial charge in [-0.05, 0) is 45.2 Å². The monoisotopic (exact) mass is 275 g/mol. The molecule has 1 heterocycles. The third-order valence-corrected chi connectivity index (χ3v) is 4.38. The molecule has 0 saturated carbocycles. The Kier molecular flexibility index (Phi) is 5.62. The molecule has 1 saturated heterocycles. The summed E-state index contributed by atoms with van der Waals surface area (Å²) in [7, 11) is 0. The van der Waals surface area contributed by atoms with Gasteiger partial charge in [-0.15, -0.1) is 0 Å². The number of nitrogens with one attached hydrogen (secondary N) is 1. The van der Waals surface area contributed by atoms with E-state index in [1.165, 1.54) is 23.1 Å². The average molecular weight is 275 g/mol. The van der Waals surface area contributed by atoms with Gasteiger partial charge in [-0.2, -0.15) is 0 Å². The van der Waals surface area contributed by atoms with Crippen LogP contribution in [0.3, 0.4) is 0 Å². The van der Waals surface area contributed by atoms with Gasteiger partial charge in [0.25, 0.3) is 0 Å². The Morgan fingerprint density at radius 2 is 1.90 bits per heavy atom. The van der Waals surface area contributed by atoms with Crippen LogP contribution in [0, 0.1) is 19.8 Å². The van der Waals surface area contributed by atoms with Gasteiger partial charge in [0.15, 0.2) is 0 Å². The molecule has 1 aliphatic heterocycles. The lowest BCUT2D eigenvalue weighted by molar-refractivity contribution is 0.0776. The van der Waals surface area contributed by atoms with Gasteiger partial charge in [-0.25, -0.2) is 0 Å². The van der Waals surface area contributed by atoms with E-state index >= 15 is 0 Å². The maximum Gasteiger partial charge on any atom is 0.0616 e. The summed E-state index contributed by atoms with van der Waals surface area (Å²) in [6.07, 6.45) is 3.87. The Balaban J connectivity index is 2.12. The first kappa shape index (κ1) is 15.5. The van der Waals surface area contributed by atoms with E-state index in [0.717, 1.165) is 26.0 Å². The molecule has 2 nitrogen and oxygen atoms in total. The van der Waals surface area contributed by atoms with Crippen molar-refractivity contribution in [3.8, 4) is 0 Å². The van der Waals surface area contributed by atoms with E-state index in [1.54, 1.807) is 0 Å². The molecule has 0 radical (unpaired) electrons. The molecule has 1 aromatic carbocycles. The molecule has 1 fully saturated rings. The quantitative estimate of drug-likeness (QED) is 0.856. The van der Waals surface area contributed by atoms with Crippen molar-refractivity contribution < 1.29 is 4.74 Å². The molecular formula is C18H29NO. The van der Waals surface area contributed by atoms with Gasteiger partial charge in [0.1, 0.15) is 0 Å². The molecule has 0 aromatic heterocycles. The largest absolute Gasteiger partial charge is 0.378 e. The Labute approximate surface area is 123 Å². The lowest BCUT2D eigenvalue weighted by atomic mass is 9.86. The van der Waals surface area contributed by atoms with E-state index < -0.39 is 0 Å². The number of likely N-dealkylation sites (N-methyl/N-ethyl adjacent to an activating group) is 1. The lowest BCUT2D eigenvalue weighted by Crippen LogP contribution is -2.41. The second-order valence-electron chi connectivity index (χ2n) is 6.13. The molecule has 0 amide bonds. The van der Waals surface area contributed by atoms with Crippen LogP contribution in [0.4, 0.5) is 0 Å². The van der Waals surface area contributed by atoms with Crippen molar-refractivity contribution in [2.75, 3.05) is 13.2 Å². The van der Waals surface area contributed by atoms with E-state index in [1.807, 2.05) is 0 Å². The van der Waals surface area contributed by atoms with Gasteiger partial charge in [0.2, 0.25) is 0 Å². The number of hydrogen-bond donors (Lipinski definition) is 1. The Morgan fingerprint density at radius 3 is 2.50 bits per heavy atom. The Hall–Kier alpha value is -0.860. The van der Waals surface area contributed by atoms with Gasteiger partial charge in [0.05, 0.1) is 6.10 Å². The van der Waals surface area contributed by atoms with E-state index in [-0.39, 0.29) is 0 Å². The molecule has 0 aliphatic carbocycles. The second kappa shape index (κ2) is 7.24. The molecule has 20 heavy (non-hydrogen) atoms. The van der Waals surface area contributed by atoms with Gasteiger partial charge >= 0.3 is 0 Å². The first-order valence-electron chi connectivity index (χ1n) is 8.06. The van der Waals surface area contributed by atoms with Crippen molar-refractivity contribution in [2.45, 2.75) is 59.1 Å². The third kappa shape index (κ3) is 3.83. The zero-order chi connectivity index (χ0) is 14.5. The predicted molar refractivity (Wildman–Crippen MR) is 85.2 cm³/mol. The molecule has 0 bridgehead atoms. The Morgan fingerprint density at radius 1 is 1.20 bits per heavy atom.